The quantitative estimate of drug-likeness (QED) is 0.578. The Morgan fingerprint density at radius 2 is 1.59 bits per heavy atom. The van der Waals surface area contributed by atoms with Crippen LogP contribution < -0.4 is 10.0 Å². The molecule has 1 fully saturated rings. The first-order valence-corrected chi connectivity index (χ1v) is 11.7. The lowest BCUT2D eigenvalue weighted by Crippen LogP contribution is -2.42. The smallest absolute Gasteiger partial charge is 0.394 e. The third-order valence-corrected chi connectivity index (χ3v) is 7.15. The van der Waals surface area contributed by atoms with Crippen LogP contribution in [0.2, 0.25) is 0 Å². The third-order valence-electron chi connectivity index (χ3n) is 5.61. The molecule has 3 N–H and O–H groups in total. The SMILES string of the molecule is O=C(N[C@H](CO)c1ccccc1)[C@H]1CC[C@H](NS(=O)(=O)c2ccc(C(F)(F)F)cc2)CC1. The van der Waals surface area contributed by atoms with Crippen LogP contribution >= 0.6 is 0 Å². The van der Waals surface area contributed by atoms with Gasteiger partial charge >= 0.3 is 6.18 Å². The van der Waals surface area contributed by atoms with Gasteiger partial charge in [-0.15, -0.1) is 0 Å². The van der Waals surface area contributed by atoms with Crippen molar-refractivity contribution >= 4 is 15.9 Å². The lowest BCUT2D eigenvalue weighted by Gasteiger charge is -2.29. The second-order valence-corrected chi connectivity index (χ2v) is 9.56. The Bertz CT molecular complexity index is 1000. The first-order valence-electron chi connectivity index (χ1n) is 10.3. The molecule has 10 heteroatoms. The van der Waals surface area contributed by atoms with E-state index in [1.54, 1.807) is 0 Å². The number of halogens is 3. The molecule has 0 spiro atoms. The monoisotopic (exact) mass is 470 g/mol. The fourth-order valence-electron chi connectivity index (χ4n) is 3.79. The molecule has 1 aliphatic carbocycles. The van der Waals surface area contributed by atoms with Crippen LogP contribution in [-0.4, -0.2) is 32.1 Å². The number of alkyl halides is 3. The second kappa shape index (κ2) is 10.0. The molecular weight excluding hydrogens is 445 g/mol. The van der Waals surface area contributed by atoms with E-state index in [0.29, 0.717) is 25.7 Å². The Labute approximate surface area is 184 Å². The van der Waals surface area contributed by atoms with E-state index in [2.05, 4.69) is 10.0 Å². The number of hydrogen-bond acceptors (Lipinski definition) is 4. The Hall–Kier alpha value is -2.43. The molecule has 0 saturated heterocycles. The van der Waals surface area contributed by atoms with Gasteiger partial charge in [0.25, 0.3) is 0 Å². The average molecular weight is 471 g/mol. The van der Waals surface area contributed by atoms with Crippen molar-refractivity contribution < 1.29 is 31.5 Å². The summed E-state index contributed by atoms with van der Waals surface area (Å²) in [5.74, 6) is -0.503. The Balaban J connectivity index is 1.54. The molecule has 0 heterocycles. The van der Waals surface area contributed by atoms with Gasteiger partial charge in [0, 0.05) is 12.0 Å². The lowest BCUT2D eigenvalue weighted by molar-refractivity contribution is -0.137. The van der Waals surface area contributed by atoms with E-state index in [1.807, 2.05) is 30.3 Å². The minimum absolute atomic E-state index is 0.197. The number of aliphatic hydroxyl groups is 1. The summed E-state index contributed by atoms with van der Waals surface area (Å²) in [6.45, 7) is -0.238. The predicted molar refractivity (Wildman–Crippen MR) is 112 cm³/mol. The topological polar surface area (TPSA) is 95.5 Å². The first kappa shape index (κ1) is 24.2. The van der Waals surface area contributed by atoms with Gasteiger partial charge in [-0.05, 0) is 55.5 Å². The van der Waals surface area contributed by atoms with Crippen molar-refractivity contribution in [1.29, 1.82) is 0 Å². The maximum atomic E-state index is 12.7. The summed E-state index contributed by atoms with van der Waals surface area (Å²) in [6, 6.07) is 11.5. The van der Waals surface area contributed by atoms with Gasteiger partial charge in [0.2, 0.25) is 15.9 Å². The van der Waals surface area contributed by atoms with E-state index < -0.39 is 33.8 Å². The van der Waals surface area contributed by atoms with E-state index >= 15 is 0 Å². The fraction of sp³-hybridized carbons (Fsp3) is 0.409. The molecular formula is C22H25F3N2O4S. The lowest BCUT2D eigenvalue weighted by atomic mass is 9.85. The first-order chi connectivity index (χ1) is 15.1. The largest absolute Gasteiger partial charge is 0.416 e. The number of benzene rings is 2. The minimum Gasteiger partial charge on any atom is -0.394 e. The van der Waals surface area contributed by atoms with Gasteiger partial charge in [-0.3, -0.25) is 4.79 Å². The summed E-state index contributed by atoms with van der Waals surface area (Å²) in [6.07, 6.45) is -2.78. The van der Waals surface area contributed by atoms with Crippen LogP contribution in [0, 0.1) is 5.92 Å². The highest BCUT2D eigenvalue weighted by molar-refractivity contribution is 7.89. The summed E-state index contributed by atoms with van der Waals surface area (Å²) < 4.78 is 65.6. The highest BCUT2D eigenvalue weighted by atomic mass is 32.2. The maximum Gasteiger partial charge on any atom is 0.416 e. The molecule has 0 aromatic heterocycles. The Kier molecular flexibility index (Phi) is 7.58. The number of carbonyl (C=O) groups is 1. The highest BCUT2D eigenvalue weighted by Gasteiger charge is 2.32. The predicted octanol–water partition coefficient (Wildman–Crippen LogP) is 3.39. The second-order valence-electron chi connectivity index (χ2n) is 7.85. The van der Waals surface area contributed by atoms with Crippen molar-refractivity contribution in [2.24, 2.45) is 5.92 Å². The van der Waals surface area contributed by atoms with Crippen molar-refractivity contribution in [3.05, 3.63) is 65.7 Å². The van der Waals surface area contributed by atoms with E-state index in [1.165, 1.54) is 0 Å². The molecule has 3 rings (SSSR count). The Morgan fingerprint density at radius 3 is 2.12 bits per heavy atom. The molecule has 1 aliphatic rings. The molecule has 2 aromatic rings. The average Bonchev–Trinajstić information content (AvgIpc) is 2.77. The van der Waals surface area contributed by atoms with Crippen LogP contribution in [0.15, 0.2) is 59.5 Å². The summed E-state index contributed by atoms with van der Waals surface area (Å²) >= 11 is 0. The summed E-state index contributed by atoms with van der Waals surface area (Å²) in [7, 11) is -3.97. The van der Waals surface area contributed by atoms with Gasteiger partial charge in [-0.1, -0.05) is 30.3 Å². The molecule has 6 nitrogen and oxygen atoms in total. The third kappa shape index (κ3) is 6.08. The van der Waals surface area contributed by atoms with Gasteiger partial charge in [-0.25, -0.2) is 13.1 Å². The highest BCUT2D eigenvalue weighted by Crippen LogP contribution is 2.30. The number of carbonyl (C=O) groups excluding carboxylic acids is 1. The molecule has 1 saturated carbocycles. The van der Waals surface area contributed by atoms with Gasteiger partial charge in [-0.2, -0.15) is 13.2 Å². The molecule has 174 valence electrons. The van der Waals surface area contributed by atoms with Crippen LogP contribution in [0.3, 0.4) is 0 Å². The van der Waals surface area contributed by atoms with Gasteiger partial charge in [0.15, 0.2) is 0 Å². The minimum atomic E-state index is -4.54. The standard InChI is InChI=1S/C22H25F3N2O4S/c23-22(24,25)17-8-12-19(13-9-17)32(30,31)27-18-10-6-16(7-11-18)21(29)26-20(14-28)15-4-2-1-3-5-15/h1-5,8-9,12-13,16,18,20,27-28H,6-7,10-11,14H2,(H,26,29)/t16-,18-,20-/m1/s1. The maximum absolute atomic E-state index is 12.7. The summed E-state index contributed by atoms with van der Waals surface area (Å²) in [5, 5.41) is 12.5. The van der Waals surface area contributed by atoms with Crippen molar-refractivity contribution in [3.63, 3.8) is 0 Å². The van der Waals surface area contributed by atoms with Crippen molar-refractivity contribution in [2.45, 2.75) is 48.8 Å². The number of aliphatic hydroxyl groups excluding tert-OH is 1. The van der Waals surface area contributed by atoms with Crippen molar-refractivity contribution in [1.82, 2.24) is 10.0 Å². The molecule has 32 heavy (non-hydrogen) atoms. The zero-order chi connectivity index (χ0) is 23.4. The molecule has 0 bridgehead atoms. The van der Waals surface area contributed by atoms with Gasteiger partial charge < -0.3 is 10.4 Å². The van der Waals surface area contributed by atoms with E-state index in [0.717, 1.165) is 29.8 Å². The zero-order valence-corrected chi connectivity index (χ0v) is 18.0. The van der Waals surface area contributed by atoms with E-state index in [9.17, 15) is 31.5 Å². The van der Waals surface area contributed by atoms with Crippen molar-refractivity contribution in [3.8, 4) is 0 Å². The summed E-state index contributed by atoms with van der Waals surface area (Å²) in [4.78, 5) is 12.4. The van der Waals surface area contributed by atoms with Gasteiger partial charge in [0.1, 0.15) is 0 Å². The Morgan fingerprint density at radius 1 is 1.00 bits per heavy atom. The number of rotatable bonds is 7. The zero-order valence-electron chi connectivity index (χ0n) is 17.2. The van der Waals surface area contributed by atoms with E-state index in [4.69, 9.17) is 0 Å². The molecule has 0 radical (unpaired) electrons. The van der Waals surface area contributed by atoms with Crippen LogP contribution in [0.5, 0.6) is 0 Å². The fourth-order valence-corrected chi connectivity index (χ4v) is 5.10. The van der Waals surface area contributed by atoms with E-state index in [-0.39, 0.29) is 23.3 Å². The number of amides is 1. The molecule has 0 unspecified atom stereocenters. The molecule has 2 aromatic carbocycles. The van der Waals surface area contributed by atoms with Crippen LogP contribution in [0.1, 0.15) is 42.9 Å². The van der Waals surface area contributed by atoms with Crippen molar-refractivity contribution in [2.75, 3.05) is 6.61 Å². The summed E-state index contributed by atoms with van der Waals surface area (Å²) in [5.41, 5.74) is -0.124. The number of nitrogens with one attached hydrogen (secondary N) is 2. The molecule has 0 aliphatic heterocycles. The molecule has 1 amide bonds. The number of hydrogen-bond donors (Lipinski definition) is 3. The normalized spacial score (nSPS) is 20.5. The molecule has 1 atom stereocenters. The van der Waals surface area contributed by atoms with Crippen LogP contribution in [-0.2, 0) is 21.0 Å². The van der Waals surface area contributed by atoms with Gasteiger partial charge in [0.05, 0.1) is 23.1 Å². The number of sulfonamides is 1. The van der Waals surface area contributed by atoms with Crippen LogP contribution in [0.25, 0.3) is 0 Å². The van der Waals surface area contributed by atoms with Crippen LogP contribution in [0.4, 0.5) is 13.2 Å².